The second kappa shape index (κ2) is 5.14. The monoisotopic (exact) mass is 246 g/mol. The van der Waals surface area contributed by atoms with E-state index in [4.69, 9.17) is 5.73 Å². The van der Waals surface area contributed by atoms with Gasteiger partial charge >= 0.3 is 0 Å². The van der Waals surface area contributed by atoms with Crippen LogP contribution in [-0.2, 0) is 0 Å². The molecule has 0 aliphatic carbocycles. The molecule has 0 amide bonds. The van der Waals surface area contributed by atoms with Gasteiger partial charge in [-0.2, -0.15) is 5.10 Å². The van der Waals surface area contributed by atoms with Gasteiger partial charge in [-0.3, -0.25) is 0 Å². The standard InChI is InChI=1S/C12H14N4S/c1-8(2)17-10-5-3-9(4-6-10)11-7-14-16-12(13)15-11/h3-8H,1-2H3,(H2,13,15,16). The van der Waals surface area contributed by atoms with Gasteiger partial charge in [0.2, 0.25) is 5.95 Å². The highest BCUT2D eigenvalue weighted by Crippen LogP contribution is 2.25. The second-order valence-corrected chi connectivity index (χ2v) is 5.54. The lowest BCUT2D eigenvalue weighted by molar-refractivity contribution is 0.990. The average Bonchev–Trinajstić information content (AvgIpc) is 2.29. The first kappa shape index (κ1) is 11.9. The molecule has 0 radical (unpaired) electrons. The zero-order valence-electron chi connectivity index (χ0n) is 9.79. The van der Waals surface area contributed by atoms with Crippen LogP contribution in [0.2, 0.25) is 0 Å². The molecule has 1 aromatic carbocycles. The molecule has 0 fully saturated rings. The Balaban J connectivity index is 2.23. The smallest absolute Gasteiger partial charge is 0.240 e. The van der Waals surface area contributed by atoms with Gasteiger partial charge in [-0.25, -0.2) is 4.98 Å². The van der Waals surface area contributed by atoms with Crippen LogP contribution < -0.4 is 5.73 Å². The topological polar surface area (TPSA) is 64.7 Å². The number of thioether (sulfide) groups is 1. The number of benzene rings is 1. The van der Waals surface area contributed by atoms with E-state index in [0.29, 0.717) is 5.25 Å². The van der Waals surface area contributed by atoms with Crippen LogP contribution in [0.5, 0.6) is 0 Å². The van der Waals surface area contributed by atoms with Crippen LogP contribution >= 0.6 is 11.8 Å². The molecule has 0 spiro atoms. The van der Waals surface area contributed by atoms with Crippen LogP contribution in [0, 0.1) is 0 Å². The van der Waals surface area contributed by atoms with E-state index < -0.39 is 0 Å². The fraction of sp³-hybridized carbons (Fsp3) is 0.250. The van der Waals surface area contributed by atoms with Gasteiger partial charge < -0.3 is 5.73 Å². The van der Waals surface area contributed by atoms with E-state index in [2.05, 4.69) is 41.2 Å². The molecule has 1 aromatic heterocycles. The number of nitrogens with zero attached hydrogens (tertiary/aromatic N) is 3. The van der Waals surface area contributed by atoms with Gasteiger partial charge in [-0.1, -0.05) is 26.0 Å². The van der Waals surface area contributed by atoms with Crippen molar-refractivity contribution in [1.82, 2.24) is 15.2 Å². The van der Waals surface area contributed by atoms with Crippen LogP contribution in [0.15, 0.2) is 35.4 Å². The lowest BCUT2D eigenvalue weighted by atomic mass is 10.2. The van der Waals surface area contributed by atoms with Crippen LogP contribution in [-0.4, -0.2) is 20.4 Å². The number of nitrogens with two attached hydrogens (primary N) is 1. The minimum Gasteiger partial charge on any atom is -0.366 e. The molecule has 2 N–H and O–H groups in total. The van der Waals surface area contributed by atoms with Crippen molar-refractivity contribution in [2.75, 3.05) is 5.73 Å². The number of rotatable bonds is 3. The summed E-state index contributed by atoms with van der Waals surface area (Å²) in [5, 5.41) is 8.00. The normalized spacial score (nSPS) is 10.8. The van der Waals surface area contributed by atoms with Gasteiger partial charge in [-0.15, -0.1) is 16.9 Å². The summed E-state index contributed by atoms with van der Waals surface area (Å²) in [5.74, 6) is 0.197. The summed E-state index contributed by atoms with van der Waals surface area (Å²) in [5.41, 5.74) is 7.25. The molecule has 1 heterocycles. The number of aromatic nitrogens is 3. The fourth-order valence-electron chi connectivity index (χ4n) is 1.43. The largest absolute Gasteiger partial charge is 0.366 e. The summed E-state index contributed by atoms with van der Waals surface area (Å²) in [6, 6.07) is 8.21. The third kappa shape index (κ3) is 3.17. The highest BCUT2D eigenvalue weighted by atomic mass is 32.2. The van der Waals surface area contributed by atoms with Gasteiger partial charge in [0.25, 0.3) is 0 Å². The molecule has 0 aliphatic heterocycles. The summed E-state index contributed by atoms with van der Waals surface area (Å²) >= 11 is 1.83. The van der Waals surface area contributed by atoms with E-state index in [1.54, 1.807) is 6.20 Å². The van der Waals surface area contributed by atoms with Crippen LogP contribution in [0.3, 0.4) is 0 Å². The molecule has 2 rings (SSSR count). The van der Waals surface area contributed by atoms with E-state index in [1.807, 2.05) is 23.9 Å². The Morgan fingerprint density at radius 1 is 1.18 bits per heavy atom. The predicted octanol–water partition coefficient (Wildman–Crippen LogP) is 2.62. The van der Waals surface area contributed by atoms with Crippen LogP contribution in [0.25, 0.3) is 11.3 Å². The third-order valence-corrected chi connectivity index (χ3v) is 3.11. The zero-order chi connectivity index (χ0) is 12.3. The van der Waals surface area contributed by atoms with Crippen molar-refractivity contribution >= 4 is 17.7 Å². The Labute approximate surface area is 105 Å². The molecule has 0 atom stereocenters. The Hall–Kier alpha value is -1.62. The molecule has 0 saturated heterocycles. The average molecular weight is 246 g/mol. The molecule has 5 heteroatoms. The molecule has 0 saturated carbocycles. The predicted molar refractivity (Wildman–Crippen MR) is 70.7 cm³/mol. The lowest BCUT2D eigenvalue weighted by Gasteiger charge is -2.05. The van der Waals surface area contributed by atoms with Crippen molar-refractivity contribution in [2.24, 2.45) is 0 Å². The summed E-state index contributed by atoms with van der Waals surface area (Å²) in [4.78, 5) is 5.38. The number of hydrogen-bond acceptors (Lipinski definition) is 5. The molecule has 17 heavy (non-hydrogen) atoms. The molecular weight excluding hydrogens is 232 g/mol. The molecule has 0 bridgehead atoms. The highest BCUT2D eigenvalue weighted by molar-refractivity contribution is 7.99. The minimum absolute atomic E-state index is 0.197. The van der Waals surface area contributed by atoms with Crippen molar-refractivity contribution < 1.29 is 0 Å². The summed E-state index contributed by atoms with van der Waals surface area (Å²) < 4.78 is 0. The Bertz CT molecular complexity index is 496. The van der Waals surface area contributed by atoms with E-state index in [1.165, 1.54) is 4.90 Å². The van der Waals surface area contributed by atoms with Crippen molar-refractivity contribution in [3.63, 3.8) is 0 Å². The molecule has 0 aliphatic rings. The maximum Gasteiger partial charge on any atom is 0.240 e. The van der Waals surface area contributed by atoms with E-state index in [9.17, 15) is 0 Å². The van der Waals surface area contributed by atoms with Crippen molar-refractivity contribution in [1.29, 1.82) is 0 Å². The highest BCUT2D eigenvalue weighted by Gasteiger charge is 2.02. The van der Waals surface area contributed by atoms with E-state index >= 15 is 0 Å². The quantitative estimate of drug-likeness (QED) is 0.843. The first-order chi connectivity index (χ1) is 8.15. The van der Waals surface area contributed by atoms with Crippen molar-refractivity contribution in [3.05, 3.63) is 30.5 Å². The van der Waals surface area contributed by atoms with E-state index in [-0.39, 0.29) is 5.95 Å². The van der Waals surface area contributed by atoms with Crippen molar-refractivity contribution in [3.8, 4) is 11.3 Å². The molecule has 4 nitrogen and oxygen atoms in total. The third-order valence-electron chi connectivity index (χ3n) is 2.10. The Morgan fingerprint density at radius 2 is 1.88 bits per heavy atom. The summed E-state index contributed by atoms with van der Waals surface area (Å²) in [6.07, 6.45) is 1.61. The molecule has 88 valence electrons. The summed E-state index contributed by atoms with van der Waals surface area (Å²) in [7, 11) is 0. The van der Waals surface area contributed by atoms with Crippen LogP contribution in [0.1, 0.15) is 13.8 Å². The van der Waals surface area contributed by atoms with Gasteiger partial charge in [0, 0.05) is 15.7 Å². The zero-order valence-corrected chi connectivity index (χ0v) is 10.6. The summed E-state index contributed by atoms with van der Waals surface area (Å²) in [6.45, 7) is 4.35. The number of hydrogen-bond donors (Lipinski definition) is 1. The second-order valence-electron chi connectivity index (χ2n) is 3.89. The van der Waals surface area contributed by atoms with Crippen molar-refractivity contribution in [2.45, 2.75) is 24.0 Å². The lowest BCUT2D eigenvalue weighted by Crippen LogP contribution is -1.97. The first-order valence-corrected chi connectivity index (χ1v) is 6.25. The SMILES string of the molecule is CC(C)Sc1ccc(-c2cnnc(N)n2)cc1. The number of anilines is 1. The maximum atomic E-state index is 5.50. The minimum atomic E-state index is 0.197. The van der Waals surface area contributed by atoms with Gasteiger partial charge in [0.15, 0.2) is 0 Å². The number of nitrogen functional groups attached to an aromatic ring is 1. The molecular formula is C12H14N4S. The van der Waals surface area contributed by atoms with Gasteiger partial charge in [-0.05, 0) is 12.1 Å². The Kier molecular flexibility index (Phi) is 3.58. The molecule has 0 unspecified atom stereocenters. The Morgan fingerprint density at radius 3 is 2.47 bits per heavy atom. The first-order valence-electron chi connectivity index (χ1n) is 5.37. The van der Waals surface area contributed by atoms with Gasteiger partial charge in [0.1, 0.15) is 0 Å². The van der Waals surface area contributed by atoms with Gasteiger partial charge in [0.05, 0.1) is 11.9 Å². The maximum absolute atomic E-state index is 5.50. The fourth-order valence-corrected chi connectivity index (χ4v) is 2.27. The molecule has 2 aromatic rings. The van der Waals surface area contributed by atoms with E-state index in [0.717, 1.165) is 11.3 Å². The van der Waals surface area contributed by atoms with Crippen LogP contribution in [0.4, 0.5) is 5.95 Å².